The Morgan fingerprint density at radius 3 is 2.55 bits per heavy atom. The maximum atomic E-state index is 13.1. The second-order valence-corrected chi connectivity index (χ2v) is 12.7. The number of rotatable bonds is 7. The fraction of sp³-hybridized carbons (Fsp3) is 0.727. The first-order valence-corrected chi connectivity index (χ1v) is 16.0. The van der Waals surface area contributed by atoms with Crippen LogP contribution in [0.1, 0.15) is 59.8 Å². The van der Waals surface area contributed by atoms with E-state index in [1.165, 1.54) is 4.90 Å². The van der Waals surface area contributed by atoms with E-state index in [-0.39, 0.29) is 36.9 Å². The first-order chi connectivity index (χ1) is 21.0. The molecule has 3 aliphatic rings. The summed E-state index contributed by atoms with van der Waals surface area (Å²) in [6.07, 6.45) is 8.94. The number of esters is 1. The molecule has 44 heavy (non-hydrogen) atoms. The van der Waals surface area contributed by atoms with E-state index in [9.17, 15) is 23.9 Å². The number of aliphatic hydroxyl groups is 1. The lowest BCUT2D eigenvalue weighted by molar-refractivity contribution is -0.151. The number of allylic oxidation sites excluding steroid dienone is 2. The van der Waals surface area contributed by atoms with Crippen LogP contribution in [0.25, 0.3) is 0 Å². The molecule has 3 heterocycles. The van der Waals surface area contributed by atoms with Crippen molar-refractivity contribution in [3.05, 3.63) is 36.0 Å². The van der Waals surface area contributed by atoms with Crippen molar-refractivity contribution >= 4 is 18.2 Å². The third-order valence-electron chi connectivity index (χ3n) is 8.76. The Kier molecular flexibility index (Phi) is 14.2. The fourth-order valence-corrected chi connectivity index (χ4v) is 5.70. The van der Waals surface area contributed by atoms with Crippen LogP contribution < -0.4 is 0 Å². The number of hydrogen-bond donors (Lipinski definition) is 1. The number of likely N-dealkylation sites (tertiary alicyclic amines) is 1. The largest absolute Gasteiger partial charge is 0.457 e. The smallest absolute Gasteiger partial charge is 0.410 e. The zero-order valence-corrected chi connectivity index (χ0v) is 27.0. The summed E-state index contributed by atoms with van der Waals surface area (Å²) in [5.41, 5.74) is 0.796. The Bertz CT molecular complexity index is 1040. The van der Waals surface area contributed by atoms with Gasteiger partial charge in [-0.25, -0.2) is 14.0 Å². The van der Waals surface area contributed by atoms with Gasteiger partial charge in [-0.1, -0.05) is 45.1 Å². The molecule has 7 atom stereocenters. The first kappa shape index (κ1) is 35.6. The number of ether oxygens (including phenoxy) is 3. The fourth-order valence-electron chi connectivity index (χ4n) is 5.70. The van der Waals surface area contributed by atoms with E-state index in [1.54, 1.807) is 4.90 Å². The molecule has 0 aromatic carbocycles. The molecule has 0 spiro atoms. The minimum absolute atomic E-state index is 0.0538. The number of carbonyl (C=O) groups excluding carboxylic acids is 3. The summed E-state index contributed by atoms with van der Waals surface area (Å²) in [5, 5.41) is 10.5. The van der Waals surface area contributed by atoms with Crippen LogP contribution in [0.15, 0.2) is 36.0 Å². The lowest BCUT2D eigenvalue weighted by atomic mass is 9.92. The van der Waals surface area contributed by atoms with Gasteiger partial charge in [0, 0.05) is 44.6 Å². The number of amides is 2. The van der Waals surface area contributed by atoms with E-state index in [0.29, 0.717) is 38.9 Å². The number of cyclic esters (lactones) is 1. The highest BCUT2D eigenvalue weighted by atomic mass is 19.1. The molecule has 11 heteroatoms. The maximum Gasteiger partial charge on any atom is 0.410 e. The molecule has 248 valence electrons. The zero-order chi connectivity index (χ0) is 32.2. The molecule has 1 N–H and O–H groups in total. The molecule has 2 amide bonds. The van der Waals surface area contributed by atoms with Gasteiger partial charge in [0.2, 0.25) is 0 Å². The maximum absolute atomic E-state index is 13.1. The van der Waals surface area contributed by atoms with Crippen molar-refractivity contribution in [3.8, 4) is 0 Å². The Morgan fingerprint density at radius 2 is 1.84 bits per heavy atom. The van der Waals surface area contributed by atoms with Crippen LogP contribution in [-0.4, -0.2) is 115 Å². The summed E-state index contributed by atoms with van der Waals surface area (Å²) in [5.74, 6) is -0.848. The number of aliphatic hydroxyl groups excluding tert-OH is 1. The van der Waals surface area contributed by atoms with Gasteiger partial charge in [0.05, 0.1) is 25.2 Å². The second-order valence-electron chi connectivity index (χ2n) is 12.7. The highest BCUT2D eigenvalue weighted by Crippen LogP contribution is 2.25. The van der Waals surface area contributed by atoms with Crippen molar-refractivity contribution in [2.45, 2.75) is 84.2 Å². The average molecular weight is 622 g/mol. The molecule has 10 nitrogen and oxygen atoms in total. The van der Waals surface area contributed by atoms with Crippen molar-refractivity contribution in [1.29, 1.82) is 0 Å². The van der Waals surface area contributed by atoms with Crippen molar-refractivity contribution in [2.75, 3.05) is 53.1 Å². The highest BCUT2D eigenvalue weighted by molar-refractivity contribution is 5.70. The minimum atomic E-state index is -0.855. The van der Waals surface area contributed by atoms with E-state index in [4.69, 9.17) is 14.2 Å². The Labute approximate surface area is 261 Å². The van der Waals surface area contributed by atoms with Gasteiger partial charge in [0.15, 0.2) is 0 Å². The molecule has 0 aromatic heterocycles. The van der Waals surface area contributed by atoms with Crippen molar-refractivity contribution in [2.24, 2.45) is 17.8 Å². The van der Waals surface area contributed by atoms with E-state index < -0.39 is 43.1 Å². The van der Waals surface area contributed by atoms with Crippen LogP contribution in [0.3, 0.4) is 0 Å². The van der Waals surface area contributed by atoms with Crippen LogP contribution in [0.5, 0.6) is 0 Å². The zero-order valence-electron chi connectivity index (χ0n) is 27.0. The molecule has 0 aromatic rings. The molecular formula is C33H52FN3O7. The Morgan fingerprint density at radius 1 is 1.11 bits per heavy atom. The third kappa shape index (κ3) is 10.9. The van der Waals surface area contributed by atoms with Gasteiger partial charge in [-0.2, -0.15) is 0 Å². The Hall–Kier alpha value is -2.92. The SMILES string of the molecule is C/C(=C\C=C\[C@@H](C)COC(=O)N1CCC[C@@H]1CF)[C@H]1OC(=O)C[C@@H](O)CC[C@@H](C)[C@H](OC(=O)N2CCN(C)CC2)/C=C/[C@@H]1C. The third-order valence-corrected chi connectivity index (χ3v) is 8.76. The summed E-state index contributed by atoms with van der Waals surface area (Å²) in [4.78, 5) is 43.4. The molecule has 2 fully saturated rings. The molecule has 0 radical (unpaired) electrons. The number of piperazine rings is 1. The summed E-state index contributed by atoms with van der Waals surface area (Å²) < 4.78 is 30.4. The number of alkyl halides is 1. The van der Waals surface area contributed by atoms with Crippen LogP contribution in [0.2, 0.25) is 0 Å². The van der Waals surface area contributed by atoms with Crippen LogP contribution >= 0.6 is 0 Å². The molecule has 0 bridgehead atoms. The highest BCUT2D eigenvalue weighted by Gasteiger charge is 2.31. The van der Waals surface area contributed by atoms with Gasteiger partial charge in [-0.3, -0.25) is 4.79 Å². The predicted octanol–water partition coefficient (Wildman–Crippen LogP) is 4.73. The number of carbonyl (C=O) groups is 3. The molecule has 0 saturated carbocycles. The topological polar surface area (TPSA) is 109 Å². The number of likely N-dealkylation sites (N-methyl/N-ethyl adjacent to an activating group) is 1. The summed E-state index contributed by atoms with van der Waals surface area (Å²) in [7, 11) is 2.03. The van der Waals surface area contributed by atoms with E-state index in [2.05, 4.69) is 4.90 Å². The number of hydrogen-bond acceptors (Lipinski definition) is 8. The van der Waals surface area contributed by atoms with E-state index >= 15 is 0 Å². The van der Waals surface area contributed by atoms with Gasteiger partial charge >= 0.3 is 18.2 Å². The normalized spacial score (nSPS) is 31.2. The van der Waals surface area contributed by atoms with Gasteiger partial charge in [-0.15, -0.1) is 0 Å². The van der Waals surface area contributed by atoms with Crippen molar-refractivity contribution < 1.29 is 38.1 Å². The Balaban J connectivity index is 1.66. The quantitative estimate of drug-likeness (QED) is 0.188. The van der Waals surface area contributed by atoms with Gasteiger partial charge in [0.1, 0.15) is 18.9 Å². The van der Waals surface area contributed by atoms with Gasteiger partial charge < -0.3 is 34.0 Å². The van der Waals surface area contributed by atoms with Crippen LogP contribution in [0, 0.1) is 17.8 Å². The minimum Gasteiger partial charge on any atom is -0.457 e. The molecule has 3 rings (SSSR count). The van der Waals surface area contributed by atoms with Crippen molar-refractivity contribution in [1.82, 2.24) is 14.7 Å². The van der Waals surface area contributed by atoms with E-state index in [1.807, 2.05) is 65.1 Å². The van der Waals surface area contributed by atoms with Crippen molar-refractivity contribution in [3.63, 3.8) is 0 Å². The standard InChI is InChI=1S/C33H52FN3O7/c1-23(22-42-33(41)37-15-7-10-27(37)21-34)8-6-9-25(3)31-26(4)12-14-29(24(2)11-13-28(38)20-30(39)44-31)43-32(40)36-18-16-35(5)17-19-36/h6,8-9,12,14,23-24,26-29,31,38H,7,10-11,13,15-22H2,1-5H3/b8-6+,14-12+,25-9+/t23-,24-,26+,27-,28+,29-,31-/m1/s1. The first-order valence-electron chi connectivity index (χ1n) is 16.0. The summed E-state index contributed by atoms with van der Waals surface area (Å²) in [6, 6.07) is -0.396. The lowest BCUT2D eigenvalue weighted by Crippen LogP contribution is -2.48. The molecular weight excluding hydrogens is 569 g/mol. The van der Waals surface area contributed by atoms with Crippen LogP contribution in [0.4, 0.5) is 14.0 Å². The molecule has 2 saturated heterocycles. The average Bonchev–Trinajstić information content (AvgIpc) is 3.48. The molecule has 0 aliphatic carbocycles. The predicted molar refractivity (Wildman–Crippen MR) is 166 cm³/mol. The lowest BCUT2D eigenvalue weighted by Gasteiger charge is -2.33. The molecule has 3 aliphatic heterocycles. The summed E-state index contributed by atoms with van der Waals surface area (Å²) >= 11 is 0. The molecule has 0 unspecified atom stereocenters. The number of halogens is 1. The summed E-state index contributed by atoms with van der Waals surface area (Å²) in [6.45, 7) is 10.7. The number of nitrogens with zero attached hydrogens (tertiary/aromatic N) is 3. The van der Waals surface area contributed by atoms with E-state index in [0.717, 1.165) is 25.1 Å². The van der Waals surface area contributed by atoms with Gasteiger partial charge in [-0.05, 0) is 57.2 Å². The van der Waals surface area contributed by atoms with Crippen LogP contribution in [-0.2, 0) is 19.0 Å². The monoisotopic (exact) mass is 621 g/mol. The van der Waals surface area contributed by atoms with Gasteiger partial charge in [0.25, 0.3) is 0 Å². The second kappa shape index (κ2) is 17.5.